The summed E-state index contributed by atoms with van der Waals surface area (Å²) in [5.41, 5.74) is 7.07. The number of H-pyrrole nitrogens is 1. The van der Waals surface area contributed by atoms with Gasteiger partial charge in [0.2, 0.25) is 0 Å². The SMILES string of the molecule is NCC(O)CNC(=O)c1cc(-c2ccc(Cl)cc2)n[nH]1. The fourth-order valence-corrected chi connectivity index (χ4v) is 1.72. The predicted molar refractivity (Wildman–Crippen MR) is 76.4 cm³/mol. The number of benzene rings is 1. The lowest BCUT2D eigenvalue weighted by Gasteiger charge is -2.07. The van der Waals surface area contributed by atoms with E-state index < -0.39 is 6.10 Å². The number of nitrogens with zero attached hydrogens (tertiary/aromatic N) is 1. The molecule has 0 radical (unpaired) electrons. The van der Waals surface area contributed by atoms with Gasteiger partial charge < -0.3 is 16.2 Å². The normalized spacial score (nSPS) is 12.2. The van der Waals surface area contributed by atoms with Gasteiger partial charge in [-0.25, -0.2) is 0 Å². The molecule has 1 amide bonds. The molecule has 0 spiro atoms. The topological polar surface area (TPSA) is 104 Å². The molecule has 0 bridgehead atoms. The van der Waals surface area contributed by atoms with Crippen LogP contribution in [0.4, 0.5) is 0 Å². The Bertz CT molecular complexity index is 582. The van der Waals surface area contributed by atoms with Crippen molar-refractivity contribution in [3.05, 3.63) is 41.0 Å². The first kappa shape index (κ1) is 14.5. The summed E-state index contributed by atoms with van der Waals surface area (Å²) in [5.74, 6) is -0.342. The summed E-state index contributed by atoms with van der Waals surface area (Å²) in [6.45, 7) is 0.198. The van der Waals surface area contributed by atoms with Crippen LogP contribution >= 0.6 is 11.6 Å². The molecule has 1 unspecified atom stereocenters. The van der Waals surface area contributed by atoms with Gasteiger partial charge in [0.1, 0.15) is 5.69 Å². The molecule has 20 heavy (non-hydrogen) atoms. The van der Waals surface area contributed by atoms with Gasteiger partial charge in [-0.05, 0) is 18.2 Å². The van der Waals surface area contributed by atoms with Gasteiger partial charge in [-0.15, -0.1) is 0 Å². The maximum absolute atomic E-state index is 11.8. The summed E-state index contributed by atoms with van der Waals surface area (Å²) >= 11 is 5.81. The molecule has 6 nitrogen and oxygen atoms in total. The molecule has 1 heterocycles. The number of aromatic amines is 1. The van der Waals surface area contributed by atoms with E-state index in [1.54, 1.807) is 18.2 Å². The van der Waals surface area contributed by atoms with Crippen molar-refractivity contribution < 1.29 is 9.90 Å². The largest absolute Gasteiger partial charge is 0.390 e. The molecule has 1 atom stereocenters. The van der Waals surface area contributed by atoms with Gasteiger partial charge in [0.05, 0.1) is 11.8 Å². The van der Waals surface area contributed by atoms with E-state index in [0.29, 0.717) is 16.4 Å². The first-order valence-electron chi connectivity index (χ1n) is 6.08. The molecule has 7 heteroatoms. The zero-order valence-electron chi connectivity index (χ0n) is 10.6. The number of aromatic nitrogens is 2. The molecule has 0 aliphatic heterocycles. The van der Waals surface area contributed by atoms with Crippen LogP contribution in [0.25, 0.3) is 11.3 Å². The molecule has 1 aromatic carbocycles. The molecule has 0 aliphatic carbocycles. The second-order valence-corrected chi connectivity index (χ2v) is 4.71. The second-order valence-electron chi connectivity index (χ2n) is 4.27. The number of aliphatic hydroxyl groups is 1. The Morgan fingerprint density at radius 1 is 1.45 bits per heavy atom. The number of hydrogen-bond acceptors (Lipinski definition) is 4. The highest BCUT2D eigenvalue weighted by Gasteiger charge is 2.12. The smallest absolute Gasteiger partial charge is 0.269 e. The van der Waals surface area contributed by atoms with Crippen molar-refractivity contribution in [3.8, 4) is 11.3 Å². The van der Waals surface area contributed by atoms with Crippen molar-refractivity contribution in [2.75, 3.05) is 13.1 Å². The molecule has 0 saturated carbocycles. The Balaban J connectivity index is 2.05. The Morgan fingerprint density at radius 3 is 2.80 bits per heavy atom. The standard InChI is InChI=1S/C13H15ClN4O2/c14-9-3-1-8(2-4-9)11-5-12(18-17-11)13(20)16-7-10(19)6-15/h1-5,10,19H,6-7,15H2,(H,16,20)(H,17,18). The van der Waals surface area contributed by atoms with Gasteiger partial charge in [0.25, 0.3) is 5.91 Å². The maximum Gasteiger partial charge on any atom is 0.269 e. The van der Waals surface area contributed by atoms with Crippen molar-refractivity contribution in [3.63, 3.8) is 0 Å². The van der Waals surface area contributed by atoms with E-state index in [9.17, 15) is 9.90 Å². The number of amides is 1. The average Bonchev–Trinajstić information content (AvgIpc) is 2.95. The Morgan fingerprint density at radius 2 is 2.15 bits per heavy atom. The summed E-state index contributed by atoms with van der Waals surface area (Å²) in [4.78, 5) is 11.8. The number of hydrogen-bond donors (Lipinski definition) is 4. The molecule has 2 rings (SSSR count). The van der Waals surface area contributed by atoms with E-state index in [1.807, 2.05) is 12.1 Å². The number of nitrogens with one attached hydrogen (secondary N) is 2. The highest BCUT2D eigenvalue weighted by atomic mass is 35.5. The van der Waals surface area contributed by atoms with Crippen LogP contribution in [0.5, 0.6) is 0 Å². The number of carbonyl (C=O) groups excluding carboxylic acids is 1. The summed E-state index contributed by atoms with van der Waals surface area (Å²) in [7, 11) is 0. The molecular weight excluding hydrogens is 280 g/mol. The minimum Gasteiger partial charge on any atom is -0.390 e. The van der Waals surface area contributed by atoms with Gasteiger partial charge in [-0.3, -0.25) is 9.89 Å². The van der Waals surface area contributed by atoms with Crippen molar-refractivity contribution >= 4 is 17.5 Å². The third kappa shape index (κ3) is 3.57. The molecule has 0 aliphatic rings. The van der Waals surface area contributed by atoms with Crippen molar-refractivity contribution in [1.29, 1.82) is 0 Å². The van der Waals surface area contributed by atoms with Gasteiger partial charge in [0, 0.05) is 23.7 Å². The van der Waals surface area contributed by atoms with E-state index in [1.165, 1.54) is 0 Å². The number of aliphatic hydroxyl groups excluding tert-OH is 1. The van der Waals surface area contributed by atoms with Gasteiger partial charge >= 0.3 is 0 Å². The van der Waals surface area contributed by atoms with Crippen LogP contribution in [0.1, 0.15) is 10.5 Å². The van der Waals surface area contributed by atoms with Crippen molar-refractivity contribution in [1.82, 2.24) is 15.5 Å². The van der Waals surface area contributed by atoms with Gasteiger partial charge in [0.15, 0.2) is 0 Å². The van der Waals surface area contributed by atoms with E-state index >= 15 is 0 Å². The summed E-state index contributed by atoms with van der Waals surface area (Å²) in [6, 6.07) is 8.77. The van der Waals surface area contributed by atoms with Crippen molar-refractivity contribution in [2.45, 2.75) is 6.10 Å². The first-order chi connectivity index (χ1) is 9.60. The number of nitrogens with two attached hydrogens (primary N) is 1. The first-order valence-corrected chi connectivity index (χ1v) is 6.45. The third-order valence-corrected chi connectivity index (χ3v) is 2.98. The number of rotatable bonds is 5. The quantitative estimate of drug-likeness (QED) is 0.654. The minimum atomic E-state index is -0.752. The summed E-state index contributed by atoms with van der Waals surface area (Å²) < 4.78 is 0. The Hall–Kier alpha value is -1.89. The van der Waals surface area contributed by atoms with Crippen LogP contribution in [0.15, 0.2) is 30.3 Å². The van der Waals surface area contributed by atoms with Crippen LogP contribution in [-0.4, -0.2) is 40.4 Å². The average molecular weight is 295 g/mol. The lowest BCUT2D eigenvalue weighted by atomic mass is 10.1. The molecule has 0 fully saturated rings. The fourth-order valence-electron chi connectivity index (χ4n) is 1.60. The maximum atomic E-state index is 11.8. The third-order valence-electron chi connectivity index (χ3n) is 2.73. The Kier molecular flexibility index (Phi) is 4.73. The van der Waals surface area contributed by atoms with E-state index in [4.69, 9.17) is 17.3 Å². The van der Waals surface area contributed by atoms with Crippen LogP contribution in [0.2, 0.25) is 5.02 Å². The highest BCUT2D eigenvalue weighted by Crippen LogP contribution is 2.20. The van der Waals surface area contributed by atoms with Crippen molar-refractivity contribution in [2.24, 2.45) is 5.73 Å². The lowest BCUT2D eigenvalue weighted by Crippen LogP contribution is -2.36. The summed E-state index contributed by atoms with van der Waals surface area (Å²) in [5, 5.41) is 19.2. The van der Waals surface area contributed by atoms with E-state index in [-0.39, 0.29) is 19.0 Å². The van der Waals surface area contributed by atoms with Crippen LogP contribution in [0.3, 0.4) is 0 Å². The van der Waals surface area contributed by atoms with Gasteiger partial charge in [-0.2, -0.15) is 5.10 Å². The zero-order chi connectivity index (χ0) is 14.5. The molecular formula is C13H15ClN4O2. The Labute approximate surface area is 120 Å². The number of carbonyl (C=O) groups is 1. The molecule has 0 saturated heterocycles. The minimum absolute atomic E-state index is 0.0965. The summed E-state index contributed by atoms with van der Waals surface area (Å²) in [6.07, 6.45) is -0.752. The predicted octanol–water partition coefficient (Wildman–Crippen LogP) is 0.780. The molecule has 106 valence electrons. The van der Waals surface area contributed by atoms with E-state index in [0.717, 1.165) is 5.56 Å². The van der Waals surface area contributed by atoms with Crippen LogP contribution in [0, 0.1) is 0 Å². The second kappa shape index (κ2) is 6.51. The van der Waals surface area contributed by atoms with Crippen LogP contribution < -0.4 is 11.1 Å². The molecule has 5 N–H and O–H groups in total. The number of halogens is 1. The molecule has 2 aromatic rings. The molecule has 1 aromatic heterocycles. The highest BCUT2D eigenvalue weighted by molar-refractivity contribution is 6.30. The fraction of sp³-hybridized carbons (Fsp3) is 0.231. The van der Waals surface area contributed by atoms with Gasteiger partial charge in [-0.1, -0.05) is 23.7 Å². The zero-order valence-corrected chi connectivity index (χ0v) is 11.4. The van der Waals surface area contributed by atoms with Crippen LogP contribution in [-0.2, 0) is 0 Å². The monoisotopic (exact) mass is 294 g/mol. The van der Waals surface area contributed by atoms with E-state index in [2.05, 4.69) is 15.5 Å². The lowest BCUT2D eigenvalue weighted by molar-refractivity contribution is 0.0915.